The number of benzene rings is 2. The Hall–Kier alpha value is -8.97. The summed E-state index contributed by atoms with van der Waals surface area (Å²) in [4.78, 5) is 125. The van der Waals surface area contributed by atoms with Crippen LogP contribution in [-0.2, 0) is 17.6 Å². The van der Waals surface area contributed by atoms with Crippen molar-refractivity contribution < 1.29 is 43.2 Å². The van der Waals surface area contributed by atoms with Crippen LogP contribution in [0.1, 0.15) is 144 Å². The molecule has 0 saturated carbocycles. The molecule has 0 radical (unpaired) electrons. The summed E-state index contributed by atoms with van der Waals surface area (Å²) in [6.45, 7) is 17.5. The van der Waals surface area contributed by atoms with Crippen molar-refractivity contribution in [2.45, 2.75) is 200 Å². The van der Waals surface area contributed by atoms with Gasteiger partial charge in [0.2, 0.25) is 5.91 Å². The molecule has 2 aromatic heterocycles. The van der Waals surface area contributed by atoms with Gasteiger partial charge < -0.3 is 118 Å². The van der Waals surface area contributed by atoms with Gasteiger partial charge in [-0.1, -0.05) is 97.2 Å². The zero-order valence-corrected chi connectivity index (χ0v) is 60.2. The van der Waals surface area contributed by atoms with Crippen molar-refractivity contribution in [3.05, 3.63) is 72.1 Å². The van der Waals surface area contributed by atoms with Gasteiger partial charge in [0.25, 0.3) is 0 Å². The largest absolute Gasteiger partial charge is 0.370 e. The van der Waals surface area contributed by atoms with Gasteiger partial charge in [-0.05, 0) is 139 Å². The SMILES string of the molecule is CC(C)NC(=O)N[C@H](CNC(=O)N[C@@H](CCCCN)CNC(=O)N[C@H](CNC(=O)N[C@H](CCNC(=O)N[C@@H](CCCCN)CNC(=O)N[C@H](CNC(=O)N[C@@H](CCCCN)CNC(=O)N[C@H](CCC(N)=O)C(C)C)Cc1c[nH]c2ccccc12)C(C)C)Cc1c[nH]c2ccccc12)C(C)C. The Morgan fingerprint density at radius 2 is 0.690 bits per heavy atom. The summed E-state index contributed by atoms with van der Waals surface area (Å²) < 4.78 is 0. The Balaban J connectivity index is 1.35. The highest BCUT2D eigenvalue weighted by Gasteiger charge is 2.26. The first-order valence-corrected chi connectivity index (χ1v) is 35.7. The molecule has 31 nitrogen and oxygen atoms in total. The third kappa shape index (κ3) is 33.7. The maximum atomic E-state index is 13.8. The van der Waals surface area contributed by atoms with Crippen LogP contribution >= 0.6 is 0 Å². The first-order chi connectivity index (χ1) is 47.9. The number of primary amides is 1. The molecule has 0 bridgehead atoms. The van der Waals surface area contributed by atoms with Gasteiger partial charge in [-0.15, -0.1) is 0 Å². The fourth-order valence-electron chi connectivity index (χ4n) is 11.4. The van der Waals surface area contributed by atoms with E-state index in [2.05, 4.69) is 95.0 Å². The lowest BCUT2D eigenvalue weighted by molar-refractivity contribution is -0.118. The number of unbranched alkanes of at least 4 members (excludes halogenated alkanes) is 3. The molecular formula is C69H120N22O9. The minimum atomic E-state index is -0.608. The van der Waals surface area contributed by atoms with Crippen LogP contribution in [-0.4, -0.2) is 184 Å². The van der Waals surface area contributed by atoms with E-state index in [0.29, 0.717) is 96.7 Å². The van der Waals surface area contributed by atoms with Crippen molar-refractivity contribution in [2.75, 3.05) is 65.4 Å². The van der Waals surface area contributed by atoms with Gasteiger partial charge in [0, 0.05) is 123 Å². The third-order valence-corrected chi connectivity index (χ3v) is 17.2. The molecule has 0 spiro atoms. The number of amides is 17. The zero-order valence-electron chi connectivity index (χ0n) is 60.2. The Bertz CT molecular complexity index is 3100. The lowest BCUT2D eigenvalue weighted by atomic mass is 9.99. The monoisotopic (exact) mass is 1400 g/mol. The molecule has 17 amide bonds. The van der Waals surface area contributed by atoms with Crippen molar-refractivity contribution in [2.24, 2.45) is 40.7 Å². The van der Waals surface area contributed by atoms with E-state index in [0.717, 1.165) is 39.4 Å². The maximum absolute atomic E-state index is 13.8. The van der Waals surface area contributed by atoms with Gasteiger partial charge in [-0.3, -0.25) is 4.79 Å². The topological polar surface area (TPSA) is 482 Å². The number of para-hydroxylation sites is 2. The standard InChI is InChI=1S/C69H120N22O9/c1-43(2)56(26-27-61(73)92)89-67(98)79-39-51(21-15-18-31-72)85-63(94)80-40-52(33-47-35-75-58-24-11-9-22-54(47)58)87-64(95)77-37-49(19-13-16-29-70)84-62(93)74-32-28-57(44(3)4)90-68(99)81-41-53(34-48-36-76-59-25-12-10-23-55(48)59)88-65(96)78-38-50(20-14-17-30-71)86-66(97)82-42-60(45(5)6)91-69(100)83-46(7)8/h9-12,22-25,35-36,43-46,49-53,56-57,60,75-76H,13-21,26-34,37-42,70-72H2,1-8H3,(H2,73,92)(H2,74,84,93)(H2,77,87,95)(H2,78,88,96)(H2,79,89,98)(H2,80,85,94)(H2,81,90,99)(H2,82,86,97)(H2,83,91,100)/t49-,50-,51-,52-,53-,56+,57+,60+/m0/s1. The number of fused-ring (bicyclic) bond motifs is 2. The summed E-state index contributed by atoms with van der Waals surface area (Å²) in [7, 11) is 0. The van der Waals surface area contributed by atoms with Gasteiger partial charge in [0.1, 0.15) is 0 Å². The molecule has 26 N–H and O–H groups in total. The Kier molecular flexibility index (Phi) is 38.7. The normalized spacial score (nSPS) is 13.8. The van der Waals surface area contributed by atoms with Gasteiger partial charge in [0.15, 0.2) is 0 Å². The van der Waals surface area contributed by atoms with Crippen LogP contribution in [0.2, 0.25) is 0 Å². The number of H-pyrrole nitrogens is 2. The van der Waals surface area contributed by atoms with Crippen molar-refractivity contribution >= 4 is 76.0 Å². The number of rotatable bonds is 46. The Morgan fingerprint density at radius 3 is 1.06 bits per heavy atom. The van der Waals surface area contributed by atoms with E-state index >= 15 is 0 Å². The van der Waals surface area contributed by atoms with Crippen LogP contribution in [0, 0.1) is 17.8 Å². The van der Waals surface area contributed by atoms with E-state index in [1.165, 1.54) is 0 Å². The van der Waals surface area contributed by atoms with E-state index in [1.807, 2.05) is 116 Å². The highest BCUT2D eigenvalue weighted by Crippen LogP contribution is 2.21. The maximum Gasteiger partial charge on any atom is 0.315 e. The average Bonchev–Trinajstić information content (AvgIpc) is 1.67. The highest BCUT2D eigenvalue weighted by atomic mass is 16.2. The lowest BCUT2D eigenvalue weighted by Crippen LogP contribution is -2.55. The summed E-state index contributed by atoms with van der Waals surface area (Å²) >= 11 is 0. The molecule has 2 aromatic carbocycles. The predicted octanol–water partition coefficient (Wildman–Crippen LogP) is 4.20. The molecule has 0 aliphatic rings. The lowest BCUT2D eigenvalue weighted by Gasteiger charge is -2.26. The minimum absolute atomic E-state index is 0.0263. The average molecular weight is 1400 g/mol. The number of nitrogens with one attached hydrogen (secondary N) is 18. The third-order valence-electron chi connectivity index (χ3n) is 17.2. The minimum Gasteiger partial charge on any atom is -0.370 e. The molecular weight excluding hydrogens is 1280 g/mol. The fourth-order valence-corrected chi connectivity index (χ4v) is 11.4. The van der Waals surface area contributed by atoms with Gasteiger partial charge in [-0.2, -0.15) is 0 Å². The summed E-state index contributed by atoms with van der Waals surface area (Å²) in [6, 6.07) is 8.15. The van der Waals surface area contributed by atoms with Crippen molar-refractivity contribution in [1.29, 1.82) is 0 Å². The van der Waals surface area contributed by atoms with Crippen LogP contribution in [0.25, 0.3) is 21.8 Å². The van der Waals surface area contributed by atoms with Gasteiger partial charge >= 0.3 is 48.2 Å². The number of aromatic amines is 2. The molecule has 0 aliphatic carbocycles. The second-order valence-corrected chi connectivity index (χ2v) is 27.1. The number of carbonyl (C=O) groups excluding carboxylic acids is 9. The molecule has 4 rings (SSSR count). The first-order valence-electron chi connectivity index (χ1n) is 35.7. The van der Waals surface area contributed by atoms with Crippen LogP contribution in [0.5, 0.6) is 0 Å². The van der Waals surface area contributed by atoms with Crippen LogP contribution in [0.3, 0.4) is 0 Å². The Morgan fingerprint density at radius 1 is 0.360 bits per heavy atom. The van der Waals surface area contributed by atoms with E-state index < -0.39 is 78.3 Å². The molecule has 0 fully saturated rings. The molecule has 4 aromatic rings. The molecule has 31 heteroatoms. The molecule has 0 aliphatic heterocycles. The molecule has 0 unspecified atom stereocenters. The van der Waals surface area contributed by atoms with E-state index in [1.54, 1.807) is 0 Å². The zero-order chi connectivity index (χ0) is 73.4. The van der Waals surface area contributed by atoms with Crippen LogP contribution in [0.4, 0.5) is 38.4 Å². The van der Waals surface area contributed by atoms with Crippen molar-refractivity contribution in [3.63, 3.8) is 0 Å². The highest BCUT2D eigenvalue weighted by molar-refractivity contribution is 5.85. The fraction of sp³-hybridized carbons (Fsp3) is 0.638. The number of hydrogen-bond donors (Lipinski definition) is 22. The number of aromatic nitrogens is 2. The predicted molar refractivity (Wildman–Crippen MR) is 393 cm³/mol. The smallest absolute Gasteiger partial charge is 0.315 e. The van der Waals surface area contributed by atoms with E-state index in [-0.39, 0.29) is 100 Å². The molecule has 560 valence electrons. The molecule has 2 heterocycles. The quantitative estimate of drug-likeness (QED) is 0.0277. The van der Waals surface area contributed by atoms with Gasteiger partial charge in [-0.25, -0.2) is 38.4 Å². The summed E-state index contributed by atoms with van der Waals surface area (Å²) in [5.74, 6) is -0.435. The number of hydrogen-bond acceptors (Lipinski definition) is 12. The molecule has 100 heavy (non-hydrogen) atoms. The summed E-state index contributed by atoms with van der Waals surface area (Å²) in [5.41, 5.74) is 26.5. The Labute approximate surface area is 589 Å². The van der Waals surface area contributed by atoms with E-state index in [9.17, 15) is 43.2 Å². The first kappa shape index (κ1) is 83.4. The summed E-state index contributed by atoms with van der Waals surface area (Å²) in [6.07, 6.45) is 11.1. The van der Waals surface area contributed by atoms with Crippen molar-refractivity contribution in [3.8, 4) is 0 Å². The second-order valence-electron chi connectivity index (χ2n) is 27.1. The van der Waals surface area contributed by atoms with Crippen LogP contribution < -0.4 is 108 Å². The summed E-state index contributed by atoms with van der Waals surface area (Å²) in [5, 5.41) is 49.0. The molecule has 0 saturated heterocycles. The van der Waals surface area contributed by atoms with Gasteiger partial charge in [0.05, 0.1) is 18.1 Å². The van der Waals surface area contributed by atoms with Crippen molar-refractivity contribution in [1.82, 2.24) is 95.0 Å². The van der Waals surface area contributed by atoms with Crippen LogP contribution in [0.15, 0.2) is 60.9 Å². The number of urea groups is 8. The number of nitrogens with two attached hydrogens (primary N) is 4. The molecule has 8 atom stereocenters. The number of carbonyl (C=O) groups is 9. The van der Waals surface area contributed by atoms with E-state index in [4.69, 9.17) is 22.9 Å². The second kappa shape index (κ2) is 46.4.